The Morgan fingerprint density at radius 1 is 1.28 bits per heavy atom. The van der Waals surface area contributed by atoms with Gasteiger partial charge in [0.1, 0.15) is 0 Å². The van der Waals surface area contributed by atoms with Crippen LogP contribution in [0.25, 0.3) is 0 Å². The van der Waals surface area contributed by atoms with E-state index in [1.54, 1.807) is 0 Å². The van der Waals surface area contributed by atoms with Crippen molar-refractivity contribution in [3.63, 3.8) is 0 Å². The maximum Gasteiger partial charge on any atom is 0.0720 e. The van der Waals surface area contributed by atoms with Gasteiger partial charge in [-0.25, -0.2) is 0 Å². The van der Waals surface area contributed by atoms with Gasteiger partial charge < -0.3 is 14.9 Å². The van der Waals surface area contributed by atoms with Crippen LogP contribution in [0.5, 0.6) is 0 Å². The summed E-state index contributed by atoms with van der Waals surface area (Å²) < 4.78 is 5.97. The third-order valence-electron chi connectivity index (χ3n) is 3.77. The molecule has 1 fully saturated rings. The summed E-state index contributed by atoms with van der Waals surface area (Å²) >= 11 is 0. The molecule has 0 radical (unpaired) electrons. The summed E-state index contributed by atoms with van der Waals surface area (Å²) in [6.07, 6.45) is 1.06. The van der Waals surface area contributed by atoms with Crippen LogP contribution in [-0.2, 0) is 11.3 Å². The average Bonchev–Trinajstić information content (AvgIpc) is 3.19. The maximum atomic E-state index is 9.30. The molecule has 3 nitrogen and oxygen atoms in total. The predicted molar refractivity (Wildman–Crippen MR) is 70.0 cm³/mol. The topological polar surface area (TPSA) is 49.7 Å². The van der Waals surface area contributed by atoms with E-state index in [1.807, 2.05) is 37.3 Å². The number of rotatable bonds is 7. The monoisotopic (exact) mass is 250 g/mol. The average molecular weight is 250 g/mol. The van der Waals surface area contributed by atoms with E-state index in [4.69, 9.17) is 9.84 Å². The minimum atomic E-state index is 0.0485. The zero-order valence-electron chi connectivity index (χ0n) is 10.8. The fourth-order valence-electron chi connectivity index (χ4n) is 2.46. The summed E-state index contributed by atoms with van der Waals surface area (Å²) in [6, 6.07) is 10.1. The largest absolute Gasteiger partial charge is 0.396 e. The molecule has 4 atom stereocenters. The van der Waals surface area contributed by atoms with Gasteiger partial charge in [-0.05, 0) is 23.8 Å². The van der Waals surface area contributed by atoms with E-state index in [9.17, 15) is 5.11 Å². The molecule has 18 heavy (non-hydrogen) atoms. The summed E-state index contributed by atoms with van der Waals surface area (Å²) in [4.78, 5) is 0. The fourth-order valence-corrected chi connectivity index (χ4v) is 2.46. The Bertz CT molecular complexity index is 352. The van der Waals surface area contributed by atoms with Crippen molar-refractivity contribution < 1.29 is 14.9 Å². The van der Waals surface area contributed by atoms with Crippen LogP contribution in [0.2, 0.25) is 0 Å². The van der Waals surface area contributed by atoms with E-state index >= 15 is 0 Å². The van der Waals surface area contributed by atoms with E-state index in [0.29, 0.717) is 18.4 Å². The highest BCUT2D eigenvalue weighted by Gasteiger charge is 2.44. The van der Waals surface area contributed by atoms with Crippen LogP contribution in [0.4, 0.5) is 0 Å². The molecule has 1 aromatic carbocycles. The standard InChI is InChI=1S/C15H22O3/c1-11(8-16)15(14-7-13(14)9-17)18-10-12-5-3-2-4-6-12/h2-6,11,13-17H,7-10H2,1H3/t11-,13-,14+,15+/m1/s1. The molecule has 1 aliphatic carbocycles. The lowest BCUT2D eigenvalue weighted by Gasteiger charge is -2.23. The van der Waals surface area contributed by atoms with Gasteiger partial charge in [0.2, 0.25) is 0 Å². The van der Waals surface area contributed by atoms with E-state index in [2.05, 4.69) is 0 Å². The van der Waals surface area contributed by atoms with Crippen molar-refractivity contribution in [2.75, 3.05) is 13.2 Å². The van der Waals surface area contributed by atoms with Crippen LogP contribution in [0.1, 0.15) is 18.9 Å². The fraction of sp³-hybridized carbons (Fsp3) is 0.600. The highest BCUT2D eigenvalue weighted by atomic mass is 16.5. The molecule has 0 spiro atoms. The zero-order chi connectivity index (χ0) is 13.0. The van der Waals surface area contributed by atoms with E-state index in [-0.39, 0.29) is 25.2 Å². The van der Waals surface area contributed by atoms with Crippen LogP contribution in [0.3, 0.4) is 0 Å². The lowest BCUT2D eigenvalue weighted by molar-refractivity contribution is -0.0283. The number of hydrogen-bond acceptors (Lipinski definition) is 3. The third-order valence-corrected chi connectivity index (χ3v) is 3.77. The highest BCUT2D eigenvalue weighted by Crippen LogP contribution is 2.44. The summed E-state index contributed by atoms with van der Waals surface area (Å²) in [5.41, 5.74) is 1.15. The molecule has 3 heteroatoms. The second-order valence-electron chi connectivity index (χ2n) is 5.26. The van der Waals surface area contributed by atoms with Crippen LogP contribution >= 0.6 is 0 Å². The van der Waals surface area contributed by atoms with Gasteiger partial charge in [0.15, 0.2) is 0 Å². The van der Waals surface area contributed by atoms with Gasteiger partial charge in [-0.3, -0.25) is 0 Å². The molecule has 1 aromatic rings. The van der Waals surface area contributed by atoms with E-state index < -0.39 is 0 Å². The normalized spacial score (nSPS) is 25.7. The number of benzene rings is 1. The van der Waals surface area contributed by atoms with Gasteiger partial charge >= 0.3 is 0 Å². The first kappa shape index (κ1) is 13.5. The van der Waals surface area contributed by atoms with Crippen LogP contribution in [0, 0.1) is 17.8 Å². The van der Waals surface area contributed by atoms with Crippen molar-refractivity contribution in [3.8, 4) is 0 Å². The second-order valence-corrected chi connectivity index (χ2v) is 5.26. The summed E-state index contributed by atoms with van der Waals surface area (Å²) in [5, 5.41) is 18.4. The molecule has 0 aromatic heterocycles. The predicted octanol–water partition coefficient (Wildman–Crippen LogP) is 1.83. The number of hydrogen-bond donors (Lipinski definition) is 2. The Morgan fingerprint density at radius 2 is 2.00 bits per heavy atom. The van der Waals surface area contributed by atoms with Gasteiger partial charge in [-0.1, -0.05) is 37.3 Å². The first-order chi connectivity index (χ1) is 8.76. The van der Waals surface area contributed by atoms with Crippen molar-refractivity contribution in [3.05, 3.63) is 35.9 Å². The Balaban J connectivity index is 1.90. The molecule has 100 valence electrons. The summed E-state index contributed by atoms with van der Waals surface area (Å²) in [5.74, 6) is 0.885. The second kappa shape index (κ2) is 6.32. The molecule has 0 aliphatic heterocycles. The molecular formula is C15H22O3. The minimum Gasteiger partial charge on any atom is -0.396 e. The molecule has 2 N–H and O–H groups in total. The quantitative estimate of drug-likeness (QED) is 0.776. The molecule has 1 saturated carbocycles. The molecule has 1 aliphatic rings. The Labute approximate surface area is 108 Å². The molecule has 0 bridgehead atoms. The number of ether oxygens (including phenoxy) is 1. The van der Waals surface area contributed by atoms with Crippen LogP contribution < -0.4 is 0 Å². The Kier molecular flexibility index (Phi) is 4.75. The molecule has 2 rings (SSSR count). The Morgan fingerprint density at radius 3 is 2.56 bits per heavy atom. The lowest BCUT2D eigenvalue weighted by Crippen LogP contribution is -2.27. The first-order valence-corrected chi connectivity index (χ1v) is 6.63. The lowest BCUT2D eigenvalue weighted by atomic mass is 10.00. The van der Waals surface area contributed by atoms with E-state index in [1.165, 1.54) is 0 Å². The SMILES string of the molecule is C[C@H](CO)[C@H](OCc1ccccc1)[C@H]1C[C@@H]1CO. The van der Waals surface area contributed by atoms with Gasteiger partial charge in [0, 0.05) is 19.1 Å². The molecule has 0 saturated heterocycles. The van der Waals surface area contributed by atoms with Gasteiger partial charge in [-0.15, -0.1) is 0 Å². The van der Waals surface area contributed by atoms with Crippen molar-refractivity contribution in [1.82, 2.24) is 0 Å². The van der Waals surface area contributed by atoms with Crippen molar-refractivity contribution in [2.24, 2.45) is 17.8 Å². The Hall–Kier alpha value is -0.900. The first-order valence-electron chi connectivity index (χ1n) is 6.63. The number of aliphatic hydroxyl groups excluding tert-OH is 2. The van der Waals surface area contributed by atoms with Gasteiger partial charge in [0.05, 0.1) is 12.7 Å². The van der Waals surface area contributed by atoms with Crippen molar-refractivity contribution >= 4 is 0 Å². The third kappa shape index (κ3) is 3.31. The molecule has 0 amide bonds. The van der Waals surface area contributed by atoms with Crippen LogP contribution in [-0.4, -0.2) is 29.5 Å². The molecule has 0 heterocycles. The van der Waals surface area contributed by atoms with Crippen LogP contribution in [0.15, 0.2) is 30.3 Å². The van der Waals surface area contributed by atoms with Crippen molar-refractivity contribution in [1.29, 1.82) is 0 Å². The van der Waals surface area contributed by atoms with Crippen molar-refractivity contribution in [2.45, 2.75) is 26.1 Å². The smallest absolute Gasteiger partial charge is 0.0720 e. The molecule has 0 unspecified atom stereocenters. The zero-order valence-corrected chi connectivity index (χ0v) is 10.8. The maximum absolute atomic E-state index is 9.30. The van der Waals surface area contributed by atoms with Gasteiger partial charge in [-0.2, -0.15) is 0 Å². The summed E-state index contributed by atoms with van der Waals surface area (Å²) in [6.45, 7) is 2.94. The van der Waals surface area contributed by atoms with Gasteiger partial charge in [0.25, 0.3) is 0 Å². The molecular weight excluding hydrogens is 228 g/mol. The van der Waals surface area contributed by atoms with E-state index in [0.717, 1.165) is 12.0 Å². The highest BCUT2D eigenvalue weighted by molar-refractivity contribution is 5.13. The summed E-state index contributed by atoms with van der Waals surface area (Å²) in [7, 11) is 0. The minimum absolute atomic E-state index is 0.0485. The number of aliphatic hydroxyl groups is 2.